The van der Waals surface area contributed by atoms with Gasteiger partial charge in [0.05, 0.1) is 0 Å². The number of hydrogen-bond donors (Lipinski definition) is 2. The molecule has 34 heavy (non-hydrogen) atoms. The van der Waals surface area contributed by atoms with Crippen molar-refractivity contribution in [3.8, 4) is 11.8 Å². The first-order valence-electron chi connectivity index (χ1n) is 11.7. The molecule has 2 aromatic rings. The third-order valence-corrected chi connectivity index (χ3v) is 7.43. The zero-order valence-corrected chi connectivity index (χ0v) is 19.2. The number of halogens is 2. The average molecular weight is 477 g/mol. The van der Waals surface area contributed by atoms with Crippen molar-refractivity contribution in [3.63, 3.8) is 0 Å². The Bertz CT molecular complexity index is 1030. The van der Waals surface area contributed by atoms with Crippen molar-refractivity contribution in [3.05, 3.63) is 41.5 Å². The SMILES string of the molecule is Cc1c(CN2CC3CN(C(=O)On4c(O)ccc4O)CC3C2)cccc1N1CCC(F)(F)CC1. The van der Waals surface area contributed by atoms with Crippen molar-refractivity contribution in [2.45, 2.75) is 32.2 Å². The molecule has 0 bridgehead atoms. The summed E-state index contributed by atoms with van der Waals surface area (Å²) in [6, 6.07) is 8.62. The molecule has 3 saturated heterocycles. The molecule has 2 N–H and O–H groups in total. The van der Waals surface area contributed by atoms with Gasteiger partial charge in [-0.1, -0.05) is 12.1 Å². The lowest BCUT2D eigenvalue weighted by atomic mass is 10.0. The highest BCUT2D eigenvalue weighted by Gasteiger charge is 2.42. The summed E-state index contributed by atoms with van der Waals surface area (Å²) in [6.45, 7) is 6.42. The Kier molecular flexibility index (Phi) is 5.79. The van der Waals surface area contributed by atoms with Crippen molar-refractivity contribution < 1.29 is 28.6 Å². The van der Waals surface area contributed by atoms with Crippen LogP contribution in [0.1, 0.15) is 24.0 Å². The minimum Gasteiger partial charge on any atom is -0.492 e. The number of aromatic nitrogens is 1. The first-order chi connectivity index (χ1) is 16.2. The van der Waals surface area contributed by atoms with Crippen LogP contribution >= 0.6 is 0 Å². The Morgan fingerprint density at radius 1 is 1.03 bits per heavy atom. The van der Waals surface area contributed by atoms with E-state index in [1.165, 1.54) is 17.7 Å². The zero-order chi connectivity index (χ0) is 24.0. The van der Waals surface area contributed by atoms with Crippen LogP contribution in [0.5, 0.6) is 11.8 Å². The first kappa shape index (κ1) is 22.8. The van der Waals surface area contributed by atoms with Crippen LogP contribution < -0.4 is 9.74 Å². The van der Waals surface area contributed by atoms with Crippen LogP contribution in [-0.2, 0) is 6.54 Å². The maximum Gasteiger partial charge on any atom is 0.434 e. The molecule has 5 rings (SSSR count). The molecule has 0 saturated carbocycles. The third kappa shape index (κ3) is 4.38. The summed E-state index contributed by atoms with van der Waals surface area (Å²) in [4.78, 5) is 23.7. The topological polar surface area (TPSA) is 81.4 Å². The van der Waals surface area contributed by atoms with Crippen molar-refractivity contribution in [1.82, 2.24) is 14.5 Å². The molecular weight excluding hydrogens is 446 g/mol. The van der Waals surface area contributed by atoms with E-state index in [4.69, 9.17) is 4.84 Å². The Morgan fingerprint density at radius 2 is 1.65 bits per heavy atom. The number of aromatic hydroxyl groups is 2. The van der Waals surface area contributed by atoms with Gasteiger partial charge in [0.25, 0.3) is 5.92 Å². The summed E-state index contributed by atoms with van der Waals surface area (Å²) in [6.07, 6.45) is -0.804. The largest absolute Gasteiger partial charge is 0.492 e. The molecule has 8 nitrogen and oxygen atoms in total. The fraction of sp³-hybridized carbons (Fsp3) is 0.542. The van der Waals surface area contributed by atoms with Crippen LogP contribution in [0.3, 0.4) is 0 Å². The number of carbonyl (C=O) groups is 1. The number of fused-ring (bicyclic) bond motifs is 1. The molecule has 1 aromatic carbocycles. The van der Waals surface area contributed by atoms with Gasteiger partial charge in [-0.15, -0.1) is 4.73 Å². The number of amides is 1. The predicted octanol–water partition coefficient (Wildman–Crippen LogP) is 3.06. The van der Waals surface area contributed by atoms with Crippen LogP contribution in [0, 0.1) is 18.8 Å². The predicted molar refractivity (Wildman–Crippen MR) is 121 cm³/mol. The Labute approximate surface area is 196 Å². The van der Waals surface area contributed by atoms with Gasteiger partial charge in [-0.25, -0.2) is 13.6 Å². The lowest BCUT2D eigenvalue weighted by molar-refractivity contribution is -0.0220. The van der Waals surface area contributed by atoms with Crippen LogP contribution in [0.2, 0.25) is 0 Å². The summed E-state index contributed by atoms with van der Waals surface area (Å²) in [5, 5.41) is 19.3. The van der Waals surface area contributed by atoms with E-state index in [1.54, 1.807) is 4.90 Å². The number of benzene rings is 1. The Morgan fingerprint density at radius 3 is 2.26 bits per heavy atom. The minimum absolute atomic E-state index is 0.103. The molecule has 4 heterocycles. The van der Waals surface area contributed by atoms with Gasteiger partial charge >= 0.3 is 6.09 Å². The number of carbonyl (C=O) groups excluding carboxylic acids is 1. The lowest BCUT2D eigenvalue weighted by Crippen LogP contribution is -2.39. The average Bonchev–Trinajstić information content (AvgIpc) is 3.45. The van der Waals surface area contributed by atoms with Gasteiger partial charge in [-0.3, -0.25) is 4.90 Å². The summed E-state index contributed by atoms with van der Waals surface area (Å²) in [7, 11) is 0. The van der Waals surface area contributed by atoms with Gasteiger partial charge < -0.3 is 24.9 Å². The Hall–Kier alpha value is -3.01. The Balaban J connectivity index is 1.17. The van der Waals surface area contributed by atoms with Gasteiger partial charge in [0.1, 0.15) is 0 Å². The molecule has 10 heteroatoms. The summed E-state index contributed by atoms with van der Waals surface area (Å²) < 4.78 is 27.9. The van der Waals surface area contributed by atoms with Crippen molar-refractivity contribution in [2.24, 2.45) is 11.8 Å². The van der Waals surface area contributed by atoms with E-state index < -0.39 is 12.0 Å². The van der Waals surface area contributed by atoms with E-state index in [2.05, 4.69) is 22.8 Å². The van der Waals surface area contributed by atoms with E-state index in [1.807, 2.05) is 12.1 Å². The maximum atomic E-state index is 13.6. The molecule has 1 aromatic heterocycles. The molecule has 184 valence electrons. The highest BCUT2D eigenvalue weighted by atomic mass is 19.3. The number of piperidine rings is 1. The quantitative estimate of drug-likeness (QED) is 0.706. The molecule has 3 fully saturated rings. The second kappa shape index (κ2) is 8.65. The molecule has 0 aliphatic carbocycles. The monoisotopic (exact) mass is 476 g/mol. The molecule has 3 aliphatic rings. The lowest BCUT2D eigenvalue weighted by Gasteiger charge is -2.35. The highest BCUT2D eigenvalue weighted by molar-refractivity contribution is 5.68. The molecule has 1 amide bonds. The van der Waals surface area contributed by atoms with E-state index in [0.29, 0.717) is 42.7 Å². The molecule has 2 unspecified atom stereocenters. The van der Waals surface area contributed by atoms with Gasteiger partial charge in [-0.2, -0.15) is 0 Å². The second-order valence-electron chi connectivity index (χ2n) is 9.72. The highest BCUT2D eigenvalue weighted by Crippen LogP contribution is 2.35. The fourth-order valence-corrected chi connectivity index (χ4v) is 5.50. The smallest absolute Gasteiger partial charge is 0.434 e. The number of likely N-dealkylation sites (tertiary alicyclic amines) is 2. The van der Waals surface area contributed by atoms with E-state index in [0.717, 1.165) is 30.9 Å². The van der Waals surface area contributed by atoms with Gasteiger partial charge in [0.2, 0.25) is 11.8 Å². The number of anilines is 1. The van der Waals surface area contributed by atoms with E-state index in [-0.39, 0.29) is 24.6 Å². The normalized spacial score (nSPS) is 24.4. The molecule has 3 aliphatic heterocycles. The van der Waals surface area contributed by atoms with E-state index >= 15 is 0 Å². The maximum absolute atomic E-state index is 13.6. The standard InChI is InChI=1S/C24H30F2N4O4/c1-16-17(3-2-4-20(16)28-9-7-24(25,26)8-10-28)11-27-12-18-14-29(15-19(18)13-27)23(33)34-30-21(31)5-6-22(30)32/h2-6,18-19,31-32H,7-15H2,1H3. The number of alkyl halides is 2. The van der Waals surface area contributed by atoms with Gasteiger partial charge in [0, 0.05) is 76.5 Å². The molecule has 2 atom stereocenters. The fourth-order valence-electron chi connectivity index (χ4n) is 5.50. The third-order valence-electron chi connectivity index (χ3n) is 7.43. The molecule has 0 spiro atoms. The summed E-state index contributed by atoms with van der Waals surface area (Å²) in [5.74, 6) is -2.59. The van der Waals surface area contributed by atoms with Crippen LogP contribution in [0.15, 0.2) is 30.3 Å². The van der Waals surface area contributed by atoms with Crippen LogP contribution in [0.25, 0.3) is 0 Å². The van der Waals surface area contributed by atoms with Gasteiger partial charge in [-0.05, 0) is 36.0 Å². The zero-order valence-electron chi connectivity index (χ0n) is 19.2. The second-order valence-corrected chi connectivity index (χ2v) is 9.72. The van der Waals surface area contributed by atoms with E-state index in [9.17, 15) is 23.8 Å². The van der Waals surface area contributed by atoms with Crippen molar-refractivity contribution in [2.75, 3.05) is 44.2 Å². The summed E-state index contributed by atoms with van der Waals surface area (Å²) >= 11 is 0. The molecular formula is C24H30F2N4O4. The van der Waals surface area contributed by atoms with Gasteiger partial charge in [0.15, 0.2) is 0 Å². The summed E-state index contributed by atoms with van der Waals surface area (Å²) in [5.41, 5.74) is 3.38. The minimum atomic E-state index is -2.56. The molecule has 0 radical (unpaired) electrons. The first-order valence-corrected chi connectivity index (χ1v) is 11.7. The number of hydrogen-bond acceptors (Lipinski definition) is 6. The number of rotatable bonds is 4. The van der Waals surface area contributed by atoms with Crippen LogP contribution in [-0.4, -0.2) is 76.0 Å². The van der Waals surface area contributed by atoms with Crippen LogP contribution in [0.4, 0.5) is 19.3 Å². The number of nitrogens with zero attached hydrogens (tertiary/aromatic N) is 4. The van der Waals surface area contributed by atoms with Crippen molar-refractivity contribution >= 4 is 11.8 Å². The van der Waals surface area contributed by atoms with Crippen molar-refractivity contribution in [1.29, 1.82) is 0 Å².